The molecular formula is C30H42Cl2N2O8. The highest BCUT2D eigenvalue weighted by molar-refractivity contribution is 6.42. The van der Waals surface area contributed by atoms with Crippen molar-refractivity contribution < 1.29 is 38.1 Å². The first-order chi connectivity index (χ1) is 19.1. The first-order valence-electron chi connectivity index (χ1n) is 13.9. The van der Waals surface area contributed by atoms with Gasteiger partial charge in [-0.3, -0.25) is 9.59 Å². The predicted octanol–water partition coefficient (Wildman–Crippen LogP) is 5.21. The van der Waals surface area contributed by atoms with Crippen molar-refractivity contribution in [2.75, 3.05) is 0 Å². The van der Waals surface area contributed by atoms with Crippen LogP contribution in [-0.4, -0.2) is 58.4 Å². The molecule has 1 aromatic carbocycles. The molecule has 0 heterocycles. The highest BCUT2D eigenvalue weighted by atomic mass is 35.5. The summed E-state index contributed by atoms with van der Waals surface area (Å²) in [6, 6.07) is 4.07. The molecule has 0 saturated heterocycles. The van der Waals surface area contributed by atoms with E-state index in [1.807, 2.05) is 0 Å². The lowest BCUT2D eigenvalue weighted by Gasteiger charge is -2.41. The standard InChI is InChI=1S/C30H42Cl2N2O8/c1-15(35)33-22-19-20(24(36)40-27(2,3)4)21(19)30(25(37)41-28(5,6)7,34-26(38)42-29(8,9)10)23(22)39-14-16-11-12-17(31)18(32)13-16/h11-13,19-23H,14H2,1-10H3,(H,33,35)(H,34,38)/t19-,20-,21-,22-,23+,30+/m0/s1. The van der Waals surface area contributed by atoms with Crippen molar-refractivity contribution in [2.45, 2.75) is 110 Å². The van der Waals surface area contributed by atoms with Crippen molar-refractivity contribution in [3.63, 3.8) is 0 Å². The SMILES string of the molecule is CC(=O)N[C@H]1[C@H]2[C@H](C(=O)OC(C)(C)C)[C@H]2[C@](NC(=O)OC(C)(C)C)(C(=O)OC(C)(C)C)[C@@H]1OCc1ccc(Cl)c(Cl)c1. The molecule has 2 aliphatic rings. The number of esters is 2. The van der Waals surface area contributed by atoms with Gasteiger partial charge in [-0.05, 0) is 80.0 Å². The zero-order chi connectivity index (χ0) is 32.0. The normalized spacial score (nSPS) is 27.0. The van der Waals surface area contributed by atoms with Crippen LogP contribution in [0.2, 0.25) is 10.0 Å². The van der Waals surface area contributed by atoms with E-state index < -0.39 is 76.2 Å². The van der Waals surface area contributed by atoms with Gasteiger partial charge in [-0.1, -0.05) is 29.3 Å². The van der Waals surface area contributed by atoms with Crippen LogP contribution in [0.3, 0.4) is 0 Å². The maximum Gasteiger partial charge on any atom is 0.408 e. The maximum atomic E-state index is 14.3. The van der Waals surface area contributed by atoms with E-state index in [1.165, 1.54) is 6.92 Å². The van der Waals surface area contributed by atoms with Crippen molar-refractivity contribution in [3.05, 3.63) is 33.8 Å². The molecule has 2 fully saturated rings. The average Bonchev–Trinajstić information content (AvgIpc) is 3.46. The summed E-state index contributed by atoms with van der Waals surface area (Å²) in [7, 11) is 0. The van der Waals surface area contributed by atoms with Gasteiger partial charge in [0.15, 0.2) is 5.54 Å². The lowest BCUT2D eigenvalue weighted by molar-refractivity contribution is -0.174. The van der Waals surface area contributed by atoms with Crippen molar-refractivity contribution in [2.24, 2.45) is 17.8 Å². The summed E-state index contributed by atoms with van der Waals surface area (Å²) in [6.45, 7) is 16.6. The Hall–Kier alpha value is -2.56. The number of carbonyl (C=O) groups excluding carboxylic acids is 4. The Morgan fingerprint density at radius 2 is 1.43 bits per heavy atom. The summed E-state index contributed by atoms with van der Waals surface area (Å²) in [5.41, 5.74) is -3.98. The Morgan fingerprint density at radius 3 is 1.93 bits per heavy atom. The largest absolute Gasteiger partial charge is 0.460 e. The number of rotatable bonds is 7. The molecule has 234 valence electrons. The predicted molar refractivity (Wildman–Crippen MR) is 157 cm³/mol. The van der Waals surface area contributed by atoms with Gasteiger partial charge in [-0.2, -0.15) is 0 Å². The molecule has 12 heteroatoms. The number of alkyl carbamates (subject to hydrolysis) is 1. The van der Waals surface area contributed by atoms with Gasteiger partial charge in [0.25, 0.3) is 0 Å². The number of benzene rings is 1. The first kappa shape index (κ1) is 33.9. The van der Waals surface area contributed by atoms with Crippen molar-refractivity contribution >= 4 is 47.1 Å². The molecule has 2 N–H and O–H groups in total. The minimum absolute atomic E-state index is 0.0608. The van der Waals surface area contributed by atoms with Gasteiger partial charge >= 0.3 is 18.0 Å². The maximum absolute atomic E-state index is 14.3. The summed E-state index contributed by atoms with van der Waals surface area (Å²) in [6.07, 6.45) is -2.07. The zero-order valence-electron chi connectivity index (χ0n) is 25.8. The first-order valence-corrected chi connectivity index (χ1v) is 14.6. The van der Waals surface area contributed by atoms with Crippen molar-refractivity contribution in [1.82, 2.24) is 10.6 Å². The minimum atomic E-state index is -1.93. The van der Waals surface area contributed by atoms with Gasteiger partial charge < -0.3 is 29.6 Å². The minimum Gasteiger partial charge on any atom is -0.460 e. The van der Waals surface area contributed by atoms with Crippen LogP contribution in [0.1, 0.15) is 74.8 Å². The Kier molecular flexibility index (Phi) is 9.57. The zero-order valence-corrected chi connectivity index (χ0v) is 27.4. The molecule has 0 aromatic heterocycles. The number of ether oxygens (including phenoxy) is 4. The van der Waals surface area contributed by atoms with Gasteiger partial charge in [-0.25, -0.2) is 9.59 Å². The topological polar surface area (TPSA) is 129 Å². The summed E-state index contributed by atoms with van der Waals surface area (Å²) >= 11 is 12.3. The van der Waals surface area contributed by atoms with E-state index in [0.717, 1.165) is 0 Å². The van der Waals surface area contributed by atoms with Gasteiger partial charge in [0, 0.05) is 18.8 Å². The molecule has 3 rings (SSSR count). The van der Waals surface area contributed by atoms with Gasteiger partial charge in [0.2, 0.25) is 5.91 Å². The summed E-state index contributed by atoms with van der Waals surface area (Å²) in [4.78, 5) is 53.5. The second-order valence-corrected chi connectivity index (χ2v) is 14.7. The van der Waals surface area contributed by atoms with E-state index in [1.54, 1.807) is 80.5 Å². The summed E-state index contributed by atoms with van der Waals surface area (Å²) < 4.78 is 23.5. The third kappa shape index (κ3) is 7.88. The van der Waals surface area contributed by atoms with E-state index in [-0.39, 0.29) is 6.61 Å². The fourth-order valence-corrected chi connectivity index (χ4v) is 5.79. The van der Waals surface area contributed by atoms with Crippen LogP contribution in [0.15, 0.2) is 18.2 Å². The Labute approximate surface area is 257 Å². The number of hydrogen-bond donors (Lipinski definition) is 2. The molecule has 2 saturated carbocycles. The summed E-state index contributed by atoms with van der Waals surface area (Å²) in [5.74, 6) is -4.07. The molecule has 2 amide bonds. The number of carbonyl (C=O) groups is 4. The van der Waals surface area contributed by atoms with Gasteiger partial charge in [0.1, 0.15) is 22.9 Å². The fourth-order valence-electron chi connectivity index (χ4n) is 5.47. The smallest absolute Gasteiger partial charge is 0.408 e. The number of fused-ring (bicyclic) bond motifs is 1. The molecule has 0 bridgehead atoms. The van der Waals surface area contributed by atoms with Crippen LogP contribution in [0.25, 0.3) is 0 Å². The van der Waals surface area contributed by atoms with Crippen molar-refractivity contribution in [3.8, 4) is 0 Å². The van der Waals surface area contributed by atoms with E-state index in [0.29, 0.717) is 15.6 Å². The van der Waals surface area contributed by atoms with Crippen LogP contribution in [0.4, 0.5) is 4.79 Å². The number of hydrogen-bond acceptors (Lipinski definition) is 8. The molecular weight excluding hydrogens is 587 g/mol. The second kappa shape index (κ2) is 11.8. The Balaban J connectivity index is 2.16. The van der Waals surface area contributed by atoms with Crippen LogP contribution in [0.5, 0.6) is 0 Å². The van der Waals surface area contributed by atoms with Crippen molar-refractivity contribution in [1.29, 1.82) is 0 Å². The van der Waals surface area contributed by atoms with Gasteiger partial charge in [-0.15, -0.1) is 0 Å². The van der Waals surface area contributed by atoms with Crippen LogP contribution < -0.4 is 10.6 Å². The molecule has 0 unspecified atom stereocenters. The number of nitrogens with one attached hydrogen (secondary N) is 2. The fraction of sp³-hybridized carbons (Fsp3) is 0.667. The van der Waals surface area contributed by atoms with E-state index in [9.17, 15) is 19.2 Å². The lowest BCUT2D eigenvalue weighted by atomic mass is 9.85. The molecule has 42 heavy (non-hydrogen) atoms. The van der Waals surface area contributed by atoms with Crippen LogP contribution in [-0.2, 0) is 39.9 Å². The van der Waals surface area contributed by atoms with Crippen LogP contribution in [0, 0.1) is 17.8 Å². The molecule has 2 aliphatic carbocycles. The molecule has 10 nitrogen and oxygen atoms in total. The monoisotopic (exact) mass is 628 g/mol. The van der Waals surface area contributed by atoms with E-state index in [4.69, 9.17) is 42.1 Å². The quantitative estimate of drug-likeness (QED) is 0.311. The van der Waals surface area contributed by atoms with E-state index >= 15 is 0 Å². The number of amides is 2. The molecule has 0 radical (unpaired) electrons. The average molecular weight is 630 g/mol. The third-order valence-electron chi connectivity index (χ3n) is 6.70. The molecule has 6 atom stereocenters. The lowest BCUT2D eigenvalue weighted by Crippen LogP contribution is -2.68. The van der Waals surface area contributed by atoms with E-state index in [2.05, 4.69) is 10.6 Å². The Morgan fingerprint density at radius 1 is 0.857 bits per heavy atom. The second-order valence-electron chi connectivity index (χ2n) is 13.9. The molecule has 1 aromatic rings. The Bertz CT molecular complexity index is 1230. The molecule has 0 spiro atoms. The van der Waals surface area contributed by atoms with Crippen LogP contribution >= 0.6 is 23.2 Å². The third-order valence-corrected chi connectivity index (χ3v) is 7.44. The highest BCUT2D eigenvalue weighted by Gasteiger charge is 2.81. The summed E-state index contributed by atoms with van der Waals surface area (Å²) in [5, 5.41) is 6.28. The molecule has 0 aliphatic heterocycles. The highest BCUT2D eigenvalue weighted by Crippen LogP contribution is 2.64. The number of halogens is 2. The van der Waals surface area contributed by atoms with Gasteiger partial charge in [0.05, 0.1) is 28.6 Å².